The lowest BCUT2D eigenvalue weighted by molar-refractivity contribution is -0.123. The standard InChI is InChI=1S/C23H27N3O3S/c1-23(2,3)21(28)24-17-11-9-16(10-12-17)20(27)15-30-22-25-18-7-5-6-8-19(18)26(22)13-14-29-4/h5-12H,13-15H2,1-4H3,(H,24,28). The molecule has 158 valence electrons. The first-order chi connectivity index (χ1) is 14.3. The zero-order chi connectivity index (χ0) is 21.7. The minimum Gasteiger partial charge on any atom is -0.383 e. The summed E-state index contributed by atoms with van der Waals surface area (Å²) in [4.78, 5) is 29.4. The topological polar surface area (TPSA) is 73.2 Å². The van der Waals surface area contributed by atoms with Gasteiger partial charge in [-0.1, -0.05) is 44.7 Å². The van der Waals surface area contributed by atoms with E-state index in [4.69, 9.17) is 4.74 Å². The van der Waals surface area contributed by atoms with Crippen LogP contribution in [0.4, 0.5) is 5.69 Å². The Hall–Kier alpha value is -2.64. The minimum absolute atomic E-state index is 0.0130. The first kappa shape index (κ1) is 22.1. The lowest BCUT2D eigenvalue weighted by Gasteiger charge is -2.17. The molecule has 1 heterocycles. The number of Topliss-reactive ketones (excluding diaryl/α,β-unsaturated/α-hetero) is 1. The number of nitrogens with zero attached hydrogens (tertiary/aromatic N) is 2. The third kappa shape index (κ3) is 5.29. The van der Waals surface area contributed by atoms with Gasteiger partial charge in [0.2, 0.25) is 5.91 Å². The molecule has 0 bridgehead atoms. The molecule has 1 aromatic heterocycles. The number of carbonyl (C=O) groups is 2. The largest absolute Gasteiger partial charge is 0.383 e. The van der Waals surface area contributed by atoms with Crippen LogP contribution in [0.5, 0.6) is 0 Å². The highest BCUT2D eigenvalue weighted by Gasteiger charge is 2.21. The van der Waals surface area contributed by atoms with Crippen LogP contribution < -0.4 is 5.32 Å². The molecule has 2 aromatic carbocycles. The number of hydrogen-bond donors (Lipinski definition) is 1. The van der Waals surface area contributed by atoms with Gasteiger partial charge in [0, 0.05) is 30.3 Å². The summed E-state index contributed by atoms with van der Waals surface area (Å²) in [6.45, 7) is 6.82. The smallest absolute Gasteiger partial charge is 0.229 e. The Bertz CT molecular complexity index is 1040. The number of hydrogen-bond acceptors (Lipinski definition) is 5. The number of anilines is 1. The molecule has 0 aliphatic carbocycles. The van der Waals surface area contributed by atoms with E-state index in [0.717, 1.165) is 16.2 Å². The third-order valence-electron chi connectivity index (χ3n) is 4.62. The van der Waals surface area contributed by atoms with Gasteiger partial charge in [-0.15, -0.1) is 0 Å². The summed E-state index contributed by atoms with van der Waals surface area (Å²) in [7, 11) is 1.67. The van der Waals surface area contributed by atoms with Crippen LogP contribution in [0.1, 0.15) is 31.1 Å². The second-order valence-corrected chi connectivity index (χ2v) is 8.96. The first-order valence-corrected chi connectivity index (χ1v) is 10.8. The number of ether oxygens (including phenoxy) is 1. The molecule has 0 saturated carbocycles. The molecule has 0 aliphatic rings. The molecule has 0 unspecified atom stereocenters. The van der Waals surface area contributed by atoms with Crippen LogP contribution in [-0.2, 0) is 16.1 Å². The summed E-state index contributed by atoms with van der Waals surface area (Å²) >= 11 is 1.42. The molecule has 1 N–H and O–H groups in total. The molecule has 1 amide bonds. The molecule has 0 spiro atoms. The number of thioether (sulfide) groups is 1. The summed E-state index contributed by atoms with van der Waals surface area (Å²) < 4.78 is 7.30. The third-order valence-corrected chi connectivity index (χ3v) is 5.59. The number of amides is 1. The average Bonchev–Trinajstić information content (AvgIpc) is 3.07. The van der Waals surface area contributed by atoms with Crippen molar-refractivity contribution in [3.05, 3.63) is 54.1 Å². The van der Waals surface area contributed by atoms with Crippen molar-refractivity contribution >= 4 is 40.2 Å². The van der Waals surface area contributed by atoms with E-state index in [2.05, 4.69) is 14.9 Å². The molecule has 3 aromatic rings. The number of methoxy groups -OCH3 is 1. The van der Waals surface area contributed by atoms with Gasteiger partial charge in [0.15, 0.2) is 10.9 Å². The van der Waals surface area contributed by atoms with E-state index in [1.165, 1.54) is 11.8 Å². The number of fused-ring (bicyclic) bond motifs is 1. The Morgan fingerprint density at radius 2 is 1.80 bits per heavy atom. The summed E-state index contributed by atoms with van der Waals surface area (Å²) in [5.74, 6) is 0.232. The molecular formula is C23H27N3O3S. The molecule has 7 heteroatoms. The van der Waals surface area contributed by atoms with Gasteiger partial charge in [0.25, 0.3) is 0 Å². The van der Waals surface area contributed by atoms with Crippen molar-refractivity contribution in [2.75, 3.05) is 24.8 Å². The van der Waals surface area contributed by atoms with E-state index in [-0.39, 0.29) is 17.4 Å². The van der Waals surface area contributed by atoms with Crippen LogP contribution in [0.2, 0.25) is 0 Å². The van der Waals surface area contributed by atoms with E-state index >= 15 is 0 Å². The molecule has 0 fully saturated rings. The number of benzene rings is 2. The van der Waals surface area contributed by atoms with Gasteiger partial charge in [-0.05, 0) is 36.4 Å². The molecule has 0 atom stereocenters. The van der Waals surface area contributed by atoms with E-state index < -0.39 is 5.41 Å². The van der Waals surface area contributed by atoms with E-state index in [9.17, 15) is 9.59 Å². The predicted molar refractivity (Wildman–Crippen MR) is 121 cm³/mol. The quantitative estimate of drug-likeness (QED) is 0.420. The summed E-state index contributed by atoms with van der Waals surface area (Å²) in [6.07, 6.45) is 0. The summed E-state index contributed by atoms with van der Waals surface area (Å²) in [5, 5.41) is 3.67. The first-order valence-electron chi connectivity index (χ1n) is 9.81. The van der Waals surface area contributed by atoms with E-state index in [0.29, 0.717) is 24.4 Å². The maximum absolute atomic E-state index is 12.7. The van der Waals surface area contributed by atoms with Crippen LogP contribution in [-0.4, -0.2) is 40.7 Å². The number of aromatic nitrogens is 2. The molecule has 6 nitrogen and oxygen atoms in total. The van der Waals surface area contributed by atoms with Crippen LogP contribution >= 0.6 is 11.8 Å². The maximum atomic E-state index is 12.7. The Labute approximate surface area is 181 Å². The van der Waals surface area contributed by atoms with E-state index in [1.54, 1.807) is 31.4 Å². The fourth-order valence-electron chi connectivity index (χ4n) is 2.83. The molecule has 0 radical (unpaired) electrons. The van der Waals surface area contributed by atoms with Crippen LogP contribution in [0.15, 0.2) is 53.7 Å². The van der Waals surface area contributed by atoms with Crippen molar-refractivity contribution in [2.24, 2.45) is 5.41 Å². The summed E-state index contributed by atoms with van der Waals surface area (Å²) in [5.41, 5.74) is 2.75. The number of carbonyl (C=O) groups excluding carboxylic acids is 2. The molecular weight excluding hydrogens is 398 g/mol. The Morgan fingerprint density at radius 1 is 1.10 bits per heavy atom. The number of nitrogens with one attached hydrogen (secondary N) is 1. The Kier molecular flexibility index (Phi) is 6.95. The normalized spacial score (nSPS) is 11.6. The highest BCUT2D eigenvalue weighted by Crippen LogP contribution is 2.25. The average molecular weight is 426 g/mol. The SMILES string of the molecule is COCCn1c(SCC(=O)c2ccc(NC(=O)C(C)(C)C)cc2)nc2ccccc21. The van der Waals surface area contributed by atoms with Crippen molar-refractivity contribution in [2.45, 2.75) is 32.5 Å². The molecule has 0 saturated heterocycles. The Balaban J connectivity index is 1.68. The number of rotatable bonds is 8. The van der Waals surface area contributed by atoms with Gasteiger partial charge in [-0.25, -0.2) is 4.98 Å². The van der Waals surface area contributed by atoms with Crippen LogP contribution in [0.3, 0.4) is 0 Å². The highest BCUT2D eigenvalue weighted by molar-refractivity contribution is 7.99. The van der Waals surface area contributed by atoms with Gasteiger partial charge in [0.05, 0.1) is 23.4 Å². The maximum Gasteiger partial charge on any atom is 0.229 e. The summed E-state index contributed by atoms with van der Waals surface area (Å²) in [6, 6.07) is 14.9. The van der Waals surface area contributed by atoms with Crippen molar-refractivity contribution < 1.29 is 14.3 Å². The lowest BCUT2D eigenvalue weighted by atomic mass is 9.95. The molecule has 0 aliphatic heterocycles. The fourth-order valence-corrected chi connectivity index (χ4v) is 3.77. The van der Waals surface area contributed by atoms with Crippen molar-refractivity contribution in [1.29, 1.82) is 0 Å². The predicted octanol–water partition coefficient (Wildman–Crippen LogP) is 4.64. The number of imidazole rings is 1. The Morgan fingerprint density at radius 3 is 2.47 bits per heavy atom. The van der Waals surface area contributed by atoms with Crippen molar-refractivity contribution in [3.8, 4) is 0 Å². The zero-order valence-corrected chi connectivity index (χ0v) is 18.6. The van der Waals surface area contributed by atoms with Gasteiger partial charge in [0.1, 0.15) is 0 Å². The van der Waals surface area contributed by atoms with E-state index in [1.807, 2.05) is 45.0 Å². The lowest BCUT2D eigenvalue weighted by Crippen LogP contribution is -2.27. The fraction of sp³-hybridized carbons (Fsp3) is 0.348. The van der Waals surface area contributed by atoms with Gasteiger partial charge in [-0.2, -0.15) is 0 Å². The monoisotopic (exact) mass is 425 g/mol. The zero-order valence-electron chi connectivity index (χ0n) is 17.8. The molecule has 30 heavy (non-hydrogen) atoms. The van der Waals surface area contributed by atoms with Crippen molar-refractivity contribution in [1.82, 2.24) is 9.55 Å². The van der Waals surface area contributed by atoms with Gasteiger partial charge in [-0.3, -0.25) is 9.59 Å². The molecule has 3 rings (SSSR count). The number of ketones is 1. The van der Waals surface area contributed by atoms with Crippen LogP contribution in [0, 0.1) is 5.41 Å². The van der Waals surface area contributed by atoms with Gasteiger partial charge >= 0.3 is 0 Å². The second kappa shape index (κ2) is 9.45. The second-order valence-electron chi connectivity index (χ2n) is 8.02. The highest BCUT2D eigenvalue weighted by atomic mass is 32.2. The van der Waals surface area contributed by atoms with Gasteiger partial charge < -0.3 is 14.6 Å². The van der Waals surface area contributed by atoms with Crippen LogP contribution in [0.25, 0.3) is 11.0 Å². The number of para-hydroxylation sites is 2. The van der Waals surface area contributed by atoms with Crippen molar-refractivity contribution in [3.63, 3.8) is 0 Å². The minimum atomic E-state index is -0.473.